The van der Waals surface area contributed by atoms with Gasteiger partial charge in [0.25, 0.3) is 5.91 Å². The van der Waals surface area contributed by atoms with Crippen LogP contribution in [0.15, 0.2) is 24.3 Å². The molecule has 0 saturated carbocycles. The molecule has 2 rings (SSSR count). The molecule has 0 unspecified atom stereocenters. The van der Waals surface area contributed by atoms with Crippen LogP contribution < -0.4 is 10.2 Å². The zero-order valence-electron chi connectivity index (χ0n) is 13.7. The van der Waals surface area contributed by atoms with Crippen molar-refractivity contribution in [3.05, 3.63) is 41.1 Å². The standard InChI is InChI=1S/C16H22N4OS/c1-11-14(15(17-2)22-18-11)16(21)20(5)10-12-8-6-7-9-13(12)19(3)4/h6-9,17H,10H2,1-5H3. The largest absolute Gasteiger partial charge is 0.378 e. The van der Waals surface area contributed by atoms with Gasteiger partial charge >= 0.3 is 0 Å². The highest BCUT2D eigenvalue weighted by Gasteiger charge is 2.21. The molecule has 0 saturated heterocycles. The number of benzene rings is 1. The Labute approximate surface area is 135 Å². The Kier molecular flexibility index (Phi) is 5.03. The van der Waals surface area contributed by atoms with Crippen molar-refractivity contribution in [1.29, 1.82) is 0 Å². The molecule has 1 aromatic carbocycles. The van der Waals surface area contributed by atoms with Gasteiger partial charge in [-0.3, -0.25) is 4.79 Å². The molecule has 1 heterocycles. The van der Waals surface area contributed by atoms with Crippen molar-refractivity contribution in [1.82, 2.24) is 9.27 Å². The van der Waals surface area contributed by atoms with E-state index in [1.54, 1.807) is 4.90 Å². The molecule has 0 spiro atoms. The first-order valence-electron chi connectivity index (χ1n) is 7.10. The summed E-state index contributed by atoms with van der Waals surface area (Å²) in [5.74, 6) is -0.0100. The van der Waals surface area contributed by atoms with Crippen LogP contribution in [0.4, 0.5) is 10.7 Å². The lowest BCUT2D eigenvalue weighted by molar-refractivity contribution is 0.0785. The average molecular weight is 318 g/mol. The van der Waals surface area contributed by atoms with E-state index < -0.39 is 0 Å². The number of hydrogen-bond donors (Lipinski definition) is 1. The summed E-state index contributed by atoms with van der Waals surface area (Å²) in [6, 6.07) is 8.12. The average Bonchev–Trinajstić information content (AvgIpc) is 2.87. The fourth-order valence-electron chi connectivity index (χ4n) is 2.39. The van der Waals surface area contributed by atoms with E-state index in [1.807, 2.05) is 47.2 Å². The second-order valence-electron chi connectivity index (χ2n) is 5.41. The van der Waals surface area contributed by atoms with Gasteiger partial charge in [-0.1, -0.05) is 18.2 Å². The molecule has 0 atom stereocenters. The van der Waals surface area contributed by atoms with Crippen LogP contribution in [0, 0.1) is 6.92 Å². The van der Waals surface area contributed by atoms with Gasteiger partial charge in [-0.15, -0.1) is 0 Å². The summed E-state index contributed by atoms with van der Waals surface area (Å²) in [6.45, 7) is 2.43. The van der Waals surface area contributed by atoms with Crippen LogP contribution >= 0.6 is 11.5 Å². The highest BCUT2D eigenvalue weighted by Crippen LogP contribution is 2.26. The predicted octanol–water partition coefficient (Wildman–Crippen LogP) is 2.83. The summed E-state index contributed by atoms with van der Waals surface area (Å²) in [5.41, 5.74) is 3.68. The van der Waals surface area contributed by atoms with Crippen molar-refractivity contribution in [3.8, 4) is 0 Å². The SMILES string of the molecule is CNc1snc(C)c1C(=O)N(C)Cc1ccccc1N(C)C. The number of carbonyl (C=O) groups is 1. The van der Waals surface area contributed by atoms with Crippen LogP contribution in [-0.2, 0) is 6.54 Å². The monoisotopic (exact) mass is 318 g/mol. The molecule has 0 aliphatic carbocycles. The molecule has 1 amide bonds. The fraction of sp³-hybridized carbons (Fsp3) is 0.375. The first-order valence-corrected chi connectivity index (χ1v) is 7.87. The molecule has 1 N–H and O–H groups in total. The van der Waals surface area contributed by atoms with Crippen LogP contribution in [0.2, 0.25) is 0 Å². The third kappa shape index (κ3) is 3.22. The summed E-state index contributed by atoms with van der Waals surface area (Å²) < 4.78 is 4.27. The summed E-state index contributed by atoms with van der Waals surface area (Å²) in [4.78, 5) is 16.5. The van der Waals surface area contributed by atoms with Crippen LogP contribution in [-0.4, -0.2) is 43.4 Å². The number of aromatic nitrogens is 1. The van der Waals surface area contributed by atoms with E-state index in [2.05, 4.69) is 26.7 Å². The molecule has 5 nitrogen and oxygen atoms in total. The van der Waals surface area contributed by atoms with E-state index in [4.69, 9.17) is 0 Å². The summed E-state index contributed by atoms with van der Waals surface area (Å²) in [7, 11) is 7.65. The van der Waals surface area contributed by atoms with Gasteiger partial charge < -0.3 is 15.1 Å². The van der Waals surface area contributed by atoms with Gasteiger partial charge in [0.15, 0.2) is 0 Å². The van der Waals surface area contributed by atoms with E-state index in [-0.39, 0.29) is 5.91 Å². The van der Waals surface area contributed by atoms with E-state index in [9.17, 15) is 4.79 Å². The van der Waals surface area contributed by atoms with Gasteiger partial charge in [0.2, 0.25) is 0 Å². The number of carbonyl (C=O) groups excluding carboxylic acids is 1. The molecule has 0 radical (unpaired) electrons. The number of anilines is 2. The Morgan fingerprint density at radius 1 is 1.27 bits per heavy atom. The van der Waals surface area contributed by atoms with Crippen molar-refractivity contribution in [2.75, 3.05) is 38.4 Å². The van der Waals surface area contributed by atoms with Gasteiger partial charge in [0.1, 0.15) is 5.00 Å². The lowest BCUT2D eigenvalue weighted by Gasteiger charge is -2.22. The first kappa shape index (κ1) is 16.3. The zero-order valence-corrected chi connectivity index (χ0v) is 14.5. The van der Waals surface area contributed by atoms with E-state index >= 15 is 0 Å². The quantitative estimate of drug-likeness (QED) is 0.921. The number of rotatable bonds is 5. The number of para-hydroxylation sites is 1. The Hall–Kier alpha value is -2.08. The third-order valence-corrected chi connectivity index (χ3v) is 4.49. The minimum absolute atomic E-state index is 0.0100. The number of nitrogens with one attached hydrogen (secondary N) is 1. The van der Waals surface area contributed by atoms with E-state index in [0.29, 0.717) is 12.1 Å². The van der Waals surface area contributed by atoms with Crippen LogP contribution in [0.25, 0.3) is 0 Å². The Balaban J connectivity index is 2.24. The minimum atomic E-state index is -0.0100. The second kappa shape index (κ2) is 6.79. The van der Waals surface area contributed by atoms with Crippen LogP contribution in [0.1, 0.15) is 21.6 Å². The van der Waals surface area contributed by atoms with E-state index in [1.165, 1.54) is 11.5 Å². The number of aryl methyl sites for hydroxylation is 1. The highest BCUT2D eigenvalue weighted by atomic mass is 32.1. The van der Waals surface area contributed by atoms with Gasteiger partial charge in [0.05, 0.1) is 11.3 Å². The normalized spacial score (nSPS) is 10.4. The van der Waals surface area contributed by atoms with Gasteiger partial charge in [0, 0.05) is 40.4 Å². The fourth-order valence-corrected chi connectivity index (χ4v) is 3.13. The lowest BCUT2D eigenvalue weighted by atomic mass is 10.1. The van der Waals surface area contributed by atoms with E-state index in [0.717, 1.165) is 21.9 Å². The zero-order chi connectivity index (χ0) is 16.3. The Bertz CT molecular complexity index is 666. The van der Waals surface area contributed by atoms with Crippen LogP contribution in [0.3, 0.4) is 0 Å². The maximum absolute atomic E-state index is 12.7. The number of amides is 1. The van der Waals surface area contributed by atoms with Crippen molar-refractivity contribution < 1.29 is 4.79 Å². The third-order valence-electron chi connectivity index (χ3n) is 3.53. The van der Waals surface area contributed by atoms with Crippen molar-refractivity contribution >= 4 is 28.1 Å². The minimum Gasteiger partial charge on any atom is -0.378 e. The summed E-state index contributed by atoms with van der Waals surface area (Å²) >= 11 is 1.32. The Morgan fingerprint density at radius 2 is 1.95 bits per heavy atom. The van der Waals surface area contributed by atoms with Crippen molar-refractivity contribution in [2.24, 2.45) is 0 Å². The molecule has 6 heteroatoms. The van der Waals surface area contributed by atoms with Crippen molar-refractivity contribution in [3.63, 3.8) is 0 Å². The van der Waals surface area contributed by atoms with Gasteiger partial charge in [-0.05, 0) is 30.1 Å². The molecular weight excluding hydrogens is 296 g/mol. The maximum Gasteiger partial charge on any atom is 0.258 e. The van der Waals surface area contributed by atoms with Gasteiger partial charge in [-0.25, -0.2) is 0 Å². The lowest BCUT2D eigenvalue weighted by Crippen LogP contribution is -2.28. The number of hydrogen-bond acceptors (Lipinski definition) is 5. The maximum atomic E-state index is 12.7. The molecular formula is C16H22N4OS. The highest BCUT2D eigenvalue weighted by molar-refractivity contribution is 7.10. The summed E-state index contributed by atoms with van der Waals surface area (Å²) in [6.07, 6.45) is 0. The molecule has 22 heavy (non-hydrogen) atoms. The van der Waals surface area contributed by atoms with Gasteiger partial charge in [-0.2, -0.15) is 4.37 Å². The molecule has 118 valence electrons. The molecule has 0 aliphatic heterocycles. The molecule has 1 aromatic heterocycles. The molecule has 2 aromatic rings. The van der Waals surface area contributed by atoms with Crippen LogP contribution in [0.5, 0.6) is 0 Å². The topological polar surface area (TPSA) is 48.5 Å². The summed E-state index contributed by atoms with van der Waals surface area (Å²) in [5, 5.41) is 3.86. The molecule has 0 bridgehead atoms. The van der Waals surface area contributed by atoms with Crippen molar-refractivity contribution in [2.45, 2.75) is 13.5 Å². The second-order valence-corrected chi connectivity index (χ2v) is 6.18. The smallest absolute Gasteiger partial charge is 0.258 e. The Morgan fingerprint density at radius 3 is 2.59 bits per heavy atom. The molecule has 0 aliphatic rings. The molecule has 0 fully saturated rings. The predicted molar refractivity (Wildman–Crippen MR) is 93.0 cm³/mol. The first-order chi connectivity index (χ1) is 10.5. The number of nitrogens with zero attached hydrogens (tertiary/aromatic N) is 3.